The first-order valence-electron chi connectivity index (χ1n) is 10.7. The maximum Gasteiger partial charge on any atom is 0.411 e. The second kappa shape index (κ2) is 10.2. The van der Waals surface area contributed by atoms with Gasteiger partial charge in [-0.3, -0.25) is 14.8 Å². The number of rotatable bonds is 9. The van der Waals surface area contributed by atoms with Crippen LogP contribution in [-0.4, -0.2) is 57.2 Å². The van der Waals surface area contributed by atoms with Crippen LogP contribution in [-0.2, 0) is 20.9 Å². The van der Waals surface area contributed by atoms with Gasteiger partial charge in [0.15, 0.2) is 0 Å². The van der Waals surface area contributed by atoms with Gasteiger partial charge in [-0.25, -0.2) is 9.59 Å². The smallest absolute Gasteiger partial charge is 0.411 e. The van der Waals surface area contributed by atoms with Crippen molar-refractivity contribution in [2.75, 3.05) is 18.5 Å². The largest absolute Gasteiger partial charge is 0.480 e. The zero-order chi connectivity index (χ0) is 24.1. The maximum atomic E-state index is 12.4. The molecule has 1 aliphatic carbocycles. The van der Waals surface area contributed by atoms with Crippen molar-refractivity contribution in [1.82, 2.24) is 15.1 Å². The van der Waals surface area contributed by atoms with Gasteiger partial charge in [0.25, 0.3) is 0 Å². The highest BCUT2D eigenvalue weighted by atomic mass is 16.5. The van der Waals surface area contributed by atoms with Gasteiger partial charge in [0, 0.05) is 25.1 Å². The molecule has 176 valence electrons. The lowest BCUT2D eigenvalue weighted by Gasteiger charge is -2.14. The predicted molar refractivity (Wildman–Crippen MR) is 122 cm³/mol. The molecule has 0 aliphatic heterocycles. The van der Waals surface area contributed by atoms with Crippen LogP contribution in [0, 0.1) is 0 Å². The van der Waals surface area contributed by atoms with E-state index in [4.69, 9.17) is 14.9 Å². The molecular formula is C24H24N4O6. The zero-order valence-electron chi connectivity index (χ0n) is 18.2. The summed E-state index contributed by atoms with van der Waals surface area (Å²) >= 11 is 0. The number of nitrogens with zero attached hydrogens (tertiary/aromatic N) is 2. The van der Waals surface area contributed by atoms with Gasteiger partial charge in [0.2, 0.25) is 5.91 Å². The van der Waals surface area contributed by atoms with Crippen LogP contribution in [0.3, 0.4) is 0 Å². The number of carbonyl (C=O) groups excluding carboxylic acids is 2. The molecule has 0 saturated heterocycles. The summed E-state index contributed by atoms with van der Waals surface area (Å²) in [5.74, 6) is -1.89. The first-order chi connectivity index (χ1) is 16.5. The lowest BCUT2D eigenvalue weighted by Crippen LogP contribution is -2.42. The van der Waals surface area contributed by atoms with Crippen LogP contribution in [0.2, 0.25) is 0 Å². The molecule has 4 rings (SSSR count). The summed E-state index contributed by atoms with van der Waals surface area (Å²) in [4.78, 5) is 35.5. The molecule has 1 aromatic heterocycles. The highest BCUT2D eigenvalue weighted by Crippen LogP contribution is 2.44. The van der Waals surface area contributed by atoms with Gasteiger partial charge in [-0.15, -0.1) is 0 Å². The van der Waals surface area contributed by atoms with E-state index in [0.717, 1.165) is 22.3 Å². The Hall–Kier alpha value is -4.18. The molecule has 1 atom stereocenters. The second-order valence-electron chi connectivity index (χ2n) is 7.85. The Morgan fingerprint density at radius 1 is 1.06 bits per heavy atom. The van der Waals surface area contributed by atoms with Gasteiger partial charge in [-0.05, 0) is 22.3 Å². The number of aliphatic hydroxyl groups is 1. The molecule has 2 aromatic carbocycles. The highest BCUT2D eigenvalue weighted by Gasteiger charge is 2.29. The van der Waals surface area contributed by atoms with Crippen LogP contribution in [0.1, 0.15) is 23.5 Å². The lowest BCUT2D eigenvalue weighted by molar-refractivity contribution is -0.142. The van der Waals surface area contributed by atoms with Gasteiger partial charge >= 0.3 is 12.1 Å². The Labute approximate surface area is 195 Å². The molecule has 1 heterocycles. The Bertz CT molecular complexity index is 1160. The van der Waals surface area contributed by atoms with Gasteiger partial charge in [-0.1, -0.05) is 48.5 Å². The van der Waals surface area contributed by atoms with E-state index in [1.165, 1.54) is 17.1 Å². The molecule has 0 spiro atoms. The maximum absolute atomic E-state index is 12.4. The summed E-state index contributed by atoms with van der Waals surface area (Å²) in [6.07, 6.45) is 2.04. The van der Waals surface area contributed by atoms with Crippen LogP contribution in [0.4, 0.5) is 10.5 Å². The summed E-state index contributed by atoms with van der Waals surface area (Å²) in [7, 11) is 0. The molecule has 0 unspecified atom stereocenters. The van der Waals surface area contributed by atoms with E-state index in [1.54, 1.807) is 0 Å². The molecule has 2 amide bonds. The highest BCUT2D eigenvalue weighted by molar-refractivity contribution is 5.85. The van der Waals surface area contributed by atoms with Crippen molar-refractivity contribution in [3.05, 3.63) is 72.1 Å². The molecule has 0 saturated carbocycles. The van der Waals surface area contributed by atoms with Crippen LogP contribution in [0.5, 0.6) is 0 Å². The average Bonchev–Trinajstić information content (AvgIpc) is 3.39. The summed E-state index contributed by atoms with van der Waals surface area (Å²) < 4.78 is 6.74. The zero-order valence-corrected chi connectivity index (χ0v) is 18.2. The normalized spacial score (nSPS) is 13.0. The fourth-order valence-electron chi connectivity index (χ4n) is 4.04. The van der Waals surface area contributed by atoms with Crippen molar-refractivity contribution in [3.63, 3.8) is 0 Å². The monoisotopic (exact) mass is 464 g/mol. The van der Waals surface area contributed by atoms with E-state index in [9.17, 15) is 14.4 Å². The summed E-state index contributed by atoms with van der Waals surface area (Å²) in [5, 5.41) is 26.8. The summed E-state index contributed by atoms with van der Waals surface area (Å²) in [5.41, 5.74) is 4.81. The summed E-state index contributed by atoms with van der Waals surface area (Å²) in [6.45, 7) is -0.452. The van der Waals surface area contributed by atoms with Gasteiger partial charge in [0.05, 0.1) is 11.9 Å². The molecule has 10 heteroatoms. The number of fused-ring (bicyclic) bond motifs is 3. The Balaban J connectivity index is 1.32. The third kappa shape index (κ3) is 5.07. The number of carboxylic acid groups (broad SMARTS) is 1. The van der Waals surface area contributed by atoms with E-state index >= 15 is 0 Å². The third-order valence-corrected chi connectivity index (χ3v) is 5.58. The molecular weight excluding hydrogens is 440 g/mol. The molecule has 3 aromatic rings. The minimum absolute atomic E-state index is 0.0642. The van der Waals surface area contributed by atoms with Crippen LogP contribution in [0.25, 0.3) is 11.1 Å². The number of nitrogens with one attached hydrogen (secondary N) is 2. The minimum Gasteiger partial charge on any atom is -0.480 e. The first-order valence-corrected chi connectivity index (χ1v) is 10.7. The Morgan fingerprint density at radius 2 is 1.71 bits per heavy atom. The number of aliphatic hydroxyl groups excluding tert-OH is 1. The SMILES string of the molecule is O=C(Cn1cc(NC(=O)OCC2c3ccccc3-c3ccccc32)cn1)N[C@@H](CCO)C(=O)O. The van der Waals surface area contributed by atoms with Crippen molar-refractivity contribution in [2.45, 2.75) is 24.9 Å². The molecule has 0 bridgehead atoms. The predicted octanol–water partition coefficient (Wildman–Crippen LogP) is 2.20. The van der Waals surface area contributed by atoms with E-state index < -0.39 is 24.0 Å². The number of hydrogen-bond acceptors (Lipinski definition) is 6. The van der Waals surface area contributed by atoms with Gasteiger partial charge in [0.1, 0.15) is 19.2 Å². The van der Waals surface area contributed by atoms with E-state index in [1.807, 2.05) is 36.4 Å². The standard InChI is InChI=1S/C24H24N4O6/c29-10-9-21(23(31)32)27-22(30)13-28-12-15(11-25-28)26-24(33)34-14-20-18-7-3-1-5-16(18)17-6-2-4-8-19(17)20/h1-8,11-12,20-21,29H,9-10,13-14H2,(H,26,33)(H,27,30)(H,31,32)/t21-/m0/s1. The number of hydrogen-bond donors (Lipinski definition) is 4. The summed E-state index contributed by atoms with van der Waals surface area (Å²) in [6, 6.07) is 14.9. The molecule has 4 N–H and O–H groups in total. The number of anilines is 1. The fourth-order valence-corrected chi connectivity index (χ4v) is 4.04. The molecule has 10 nitrogen and oxygen atoms in total. The average molecular weight is 464 g/mol. The quantitative estimate of drug-likeness (QED) is 0.380. The van der Waals surface area contributed by atoms with Crippen molar-refractivity contribution in [1.29, 1.82) is 0 Å². The van der Waals surface area contributed by atoms with Crippen molar-refractivity contribution in [2.24, 2.45) is 0 Å². The topological polar surface area (TPSA) is 143 Å². The minimum atomic E-state index is -1.24. The lowest BCUT2D eigenvalue weighted by atomic mass is 9.98. The van der Waals surface area contributed by atoms with Crippen LogP contribution < -0.4 is 10.6 Å². The number of aromatic nitrogens is 2. The van der Waals surface area contributed by atoms with Crippen molar-refractivity contribution in [3.8, 4) is 11.1 Å². The Morgan fingerprint density at radius 3 is 2.32 bits per heavy atom. The number of amides is 2. The fraction of sp³-hybridized carbons (Fsp3) is 0.250. The molecule has 0 fully saturated rings. The molecule has 1 aliphatic rings. The number of carboxylic acids is 1. The van der Waals surface area contributed by atoms with Crippen LogP contribution >= 0.6 is 0 Å². The number of benzene rings is 2. The van der Waals surface area contributed by atoms with Crippen molar-refractivity contribution >= 4 is 23.7 Å². The van der Waals surface area contributed by atoms with E-state index in [-0.39, 0.29) is 32.1 Å². The first kappa shape index (κ1) is 23.0. The number of ether oxygens (including phenoxy) is 1. The molecule has 34 heavy (non-hydrogen) atoms. The van der Waals surface area contributed by atoms with Gasteiger partial charge < -0.3 is 20.3 Å². The number of aliphatic carboxylic acids is 1. The van der Waals surface area contributed by atoms with E-state index in [0.29, 0.717) is 5.69 Å². The molecule has 0 radical (unpaired) electrons. The second-order valence-corrected chi connectivity index (χ2v) is 7.85. The Kier molecular flexibility index (Phi) is 6.88. The van der Waals surface area contributed by atoms with E-state index in [2.05, 4.69) is 27.9 Å². The van der Waals surface area contributed by atoms with Crippen LogP contribution in [0.15, 0.2) is 60.9 Å². The van der Waals surface area contributed by atoms with Crippen molar-refractivity contribution < 1.29 is 29.3 Å². The number of carbonyl (C=O) groups is 3. The van der Waals surface area contributed by atoms with Gasteiger partial charge in [-0.2, -0.15) is 5.10 Å². The third-order valence-electron chi connectivity index (χ3n) is 5.58.